The van der Waals surface area contributed by atoms with Crippen LogP contribution in [0.1, 0.15) is 11.1 Å². The first-order valence-electron chi connectivity index (χ1n) is 8.50. The number of rotatable bonds is 5. The monoisotopic (exact) mass is 372 g/mol. The zero-order valence-electron chi connectivity index (χ0n) is 14.7. The van der Waals surface area contributed by atoms with Gasteiger partial charge in [-0.05, 0) is 54.4 Å². The first-order valence-corrected chi connectivity index (χ1v) is 8.88. The molecule has 0 spiro atoms. The molecule has 0 unspecified atom stereocenters. The van der Waals surface area contributed by atoms with Crippen LogP contribution >= 0.6 is 11.6 Å². The summed E-state index contributed by atoms with van der Waals surface area (Å²) < 4.78 is 10.8. The van der Waals surface area contributed by atoms with Gasteiger partial charge in [0.05, 0.1) is 18.9 Å². The predicted octanol–water partition coefficient (Wildman–Crippen LogP) is 3.64. The Kier molecular flexibility index (Phi) is 6.26. The Morgan fingerprint density at radius 2 is 1.96 bits per heavy atom. The number of amides is 1. The summed E-state index contributed by atoms with van der Waals surface area (Å²) in [5.74, 6) is 0.636. The summed E-state index contributed by atoms with van der Waals surface area (Å²) in [5, 5.41) is 0.702. The molecular weight excluding hydrogens is 352 g/mol. The van der Waals surface area contributed by atoms with E-state index in [9.17, 15) is 4.79 Å². The first-order chi connectivity index (χ1) is 12.6. The number of halogens is 1. The molecule has 2 aromatic rings. The van der Waals surface area contributed by atoms with E-state index in [1.165, 1.54) is 0 Å². The highest BCUT2D eigenvalue weighted by Gasteiger charge is 2.16. The SMILES string of the molecule is Cc1ccc(N=Cc2ccc(OCC(=O)N3CCOCC3)cc2)cc1Cl. The minimum atomic E-state index is -0.0183. The number of aliphatic imine (C=N–C) groups is 1. The van der Waals surface area contributed by atoms with Crippen molar-refractivity contribution in [3.8, 4) is 5.75 Å². The van der Waals surface area contributed by atoms with Crippen molar-refractivity contribution in [3.05, 3.63) is 58.6 Å². The second-order valence-corrected chi connectivity index (χ2v) is 6.45. The number of benzene rings is 2. The van der Waals surface area contributed by atoms with E-state index in [0.29, 0.717) is 37.1 Å². The molecular formula is C20H21ClN2O3. The number of morpholine rings is 1. The maximum absolute atomic E-state index is 12.1. The van der Waals surface area contributed by atoms with Gasteiger partial charge in [-0.3, -0.25) is 9.79 Å². The van der Waals surface area contributed by atoms with Crippen LogP contribution in [-0.4, -0.2) is 49.9 Å². The third-order valence-electron chi connectivity index (χ3n) is 4.12. The zero-order chi connectivity index (χ0) is 18.4. The average Bonchev–Trinajstić information content (AvgIpc) is 2.68. The molecule has 136 valence electrons. The van der Waals surface area contributed by atoms with Gasteiger partial charge in [-0.25, -0.2) is 0 Å². The second-order valence-electron chi connectivity index (χ2n) is 6.04. The van der Waals surface area contributed by atoms with Gasteiger partial charge in [0.2, 0.25) is 0 Å². The number of hydrogen-bond acceptors (Lipinski definition) is 4. The van der Waals surface area contributed by atoms with E-state index in [1.54, 1.807) is 11.1 Å². The summed E-state index contributed by atoms with van der Waals surface area (Å²) in [6, 6.07) is 13.2. The topological polar surface area (TPSA) is 51.1 Å². The van der Waals surface area contributed by atoms with E-state index in [0.717, 1.165) is 16.8 Å². The Hall–Kier alpha value is -2.37. The van der Waals surface area contributed by atoms with Crippen LogP contribution in [0.3, 0.4) is 0 Å². The van der Waals surface area contributed by atoms with Gasteiger partial charge in [-0.2, -0.15) is 0 Å². The van der Waals surface area contributed by atoms with Crippen LogP contribution in [0.5, 0.6) is 5.75 Å². The molecule has 1 fully saturated rings. The molecule has 0 aliphatic carbocycles. The van der Waals surface area contributed by atoms with Gasteiger partial charge in [0, 0.05) is 24.3 Å². The third-order valence-corrected chi connectivity index (χ3v) is 4.53. The van der Waals surface area contributed by atoms with E-state index in [4.69, 9.17) is 21.1 Å². The van der Waals surface area contributed by atoms with E-state index in [1.807, 2.05) is 49.4 Å². The molecule has 6 heteroatoms. The van der Waals surface area contributed by atoms with Gasteiger partial charge in [-0.15, -0.1) is 0 Å². The number of carbonyl (C=O) groups is 1. The van der Waals surface area contributed by atoms with Crippen LogP contribution in [0.2, 0.25) is 5.02 Å². The number of hydrogen-bond donors (Lipinski definition) is 0. The standard InChI is InChI=1S/C20H21ClN2O3/c1-15-2-5-17(12-19(15)21)22-13-16-3-6-18(7-4-16)26-14-20(24)23-8-10-25-11-9-23/h2-7,12-13H,8-11,14H2,1H3. The largest absolute Gasteiger partial charge is 0.484 e. The van der Waals surface area contributed by atoms with Gasteiger partial charge in [0.25, 0.3) is 5.91 Å². The predicted molar refractivity (Wildman–Crippen MR) is 103 cm³/mol. The zero-order valence-corrected chi connectivity index (χ0v) is 15.4. The third kappa shape index (κ3) is 5.07. The quantitative estimate of drug-likeness (QED) is 0.753. The molecule has 1 heterocycles. The number of ether oxygens (including phenoxy) is 2. The highest BCUT2D eigenvalue weighted by molar-refractivity contribution is 6.31. The van der Waals surface area contributed by atoms with Crippen LogP contribution in [0.15, 0.2) is 47.5 Å². The lowest BCUT2D eigenvalue weighted by Gasteiger charge is -2.26. The molecule has 0 atom stereocenters. The fourth-order valence-corrected chi connectivity index (χ4v) is 2.69. The van der Waals surface area contributed by atoms with Crippen molar-refractivity contribution in [1.82, 2.24) is 4.90 Å². The summed E-state index contributed by atoms with van der Waals surface area (Å²) in [5.41, 5.74) is 2.77. The minimum absolute atomic E-state index is 0.0183. The molecule has 5 nitrogen and oxygen atoms in total. The lowest BCUT2D eigenvalue weighted by molar-refractivity contribution is -0.137. The van der Waals surface area contributed by atoms with E-state index < -0.39 is 0 Å². The number of aryl methyl sites for hydroxylation is 1. The summed E-state index contributed by atoms with van der Waals surface area (Å²) in [6.07, 6.45) is 1.77. The van der Waals surface area contributed by atoms with E-state index in [-0.39, 0.29) is 12.5 Å². The van der Waals surface area contributed by atoms with E-state index >= 15 is 0 Å². The first kappa shape index (κ1) is 18.4. The Bertz CT molecular complexity index is 784. The summed E-state index contributed by atoms with van der Waals surface area (Å²) in [6.45, 7) is 4.42. The lowest BCUT2D eigenvalue weighted by Crippen LogP contribution is -2.42. The van der Waals surface area contributed by atoms with Crippen molar-refractivity contribution in [2.75, 3.05) is 32.9 Å². The van der Waals surface area contributed by atoms with Gasteiger partial charge in [0.1, 0.15) is 5.75 Å². The summed E-state index contributed by atoms with van der Waals surface area (Å²) in [7, 11) is 0. The van der Waals surface area contributed by atoms with Crippen molar-refractivity contribution in [3.63, 3.8) is 0 Å². The maximum Gasteiger partial charge on any atom is 0.260 e. The Labute approximate surface area is 158 Å². The van der Waals surface area contributed by atoms with Crippen molar-refractivity contribution in [2.45, 2.75) is 6.92 Å². The molecule has 0 N–H and O–H groups in total. The molecule has 26 heavy (non-hydrogen) atoms. The molecule has 3 rings (SSSR count). The van der Waals surface area contributed by atoms with Gasteiger partial charge in [0.15, 0.2) is 6.61 Å². The van der Waals surface area contributed by atoms with E-state index in [2.05, 4.69) is 4.99 Å². The second kappa shape index (κ2) is 8.83. The lowest BCUT2D eigenvalue weighted by atomic mass is 10.2. The van der Waals surface area contributed by atoms with Crippen molar-refractivity contribution in [2.24, 2.45) is 4.99 Å². The summed E-state index contributed by atoms with van der Waals surface area (Å²) >= 11 is 6.10. The molecule has 0 radical (unpaired) electrons. The summed E-state index contributed by atoms with van der Waals surface area (Å²) in [4.78, 5) is 18.2. The van der Waals surface area contributed by atoms with Gasteiger partial charge in [-0.1, -0.05) is 17.7 Å². The molecule has 1 aliphatic rings. The van der Waals surface area contributed by atoms with Gasteiger partial charge < -0.3 is 14.4 Å². The Balaban J connectivity index is 1.53. The normalized spacial score (nSPS) is 14.6. The highest BCUT2D eigenvalue weighted by atomic mass is 35.5. The Morgan fingerprint density at radius 1 is 1.23 bits per heavy atom. The molecule has 2 aromatic carbocycles. The fraction of sp³-hybridized carbons (Fsp3) is 0.300. The molecule has 0 bridgehead atoms. The van der Waals surface area contributed by atoms with Crippen LogP contribution in [-0.2, 0) is 9.53 Å². The molecule has 0 saturated carbocycles. The van der Waals surface area contributed by atoms with Gasteiger partial charge >= 0.3 is 0 Å². The van der Waals surface area contributed by atoms with Crippen molar-refractivity contribution in [1.29, 1.82) is 0 Å². The fourth-order valence-electron chi connectivity index (χ4n) is 2.51. The molecule has 1 aliphatic heterocycles. The minimum Gasteiger partial charge on any atom is -0.484 e. The van der Waals surface area contributed by atoms with Crippen molar-refractivity contribution < 1.29 is 14.3 Å². The molecule has 0 aromatic heterocycles. The molecule has 1 saturated heterocycles. The van der Waals surface area contributed by atoms with Crippen molar-refractivity contribution >= 4 is 29.4 Å². The smallest absolute Gasteiger partial charge is 0.260 e. The Morgan fingerprint density at radius 3 is 2.65 bits per heavy atom. The van der Waals surface area contributed by atoms with Crippen LogP contribution < -0.4 is 4.74 Å². The van der Waals surface area contributed by atoms with Crippen LogP contribution in [0.4, 0.5) is 5.69 Å². The number of carbonyl (C=O) groups excluding carboxylic acids is 1. The van der Waals surface area contributed by atoms with Crippen LogP contribution in [0, 0.1) is 6.92 Å². The number of nitrogens with zero attached hydrogens (tertiary/aromatic N) is 2. The maximum atomic E-state index is 12.1. The highest BCUT2D eigenvalue weighted by Crippen LogP contribution is 2.22. The van der Waals surface area contributed by atoms with Crippen LogP contribution in [0.25, 0.3) is 0 Å². The molecule has 1 amide bonds. The average molecular weight is 373 g/mol.